The zero-order chi connectivity index (χ0) is 21.8. The molecule has 0 saturated heterocycles. The number of carbonyl (C=O) groups excluding carboxylic acids is 1. The molecule has 2 aromatic heterocycles. The summed E-state index contributed by atoms with van der Waals surface area (Å²) in [4.78, 5) is 22.3. The second-order valence-electron chi connectivity index (χ2n) is 7.09. The number of aromatic nitrogens is 3. The van der Waals surface area contributed by atoms with E-state index in [0.717, 1.165) is 24.2 Å². The molecular formula is C23H24N6O2. The lowest BCUT2D eigenvalue weighted by atomic mass is 10.2. The van der Waals surface area contributed by atoms with Gasteiger partial charge in [0, 0.05) is 6.54 Å². The second kappa shape index (κ2) is 8.83. The van der Waals surface area contributed by atoms with Gasteiger partial charge in [0.2, 0.25) is 0 Å². The third kappa shape index (κ3) is 4.05. The lowest BCUT2D eigenvalue weighted by Crippen LogP contribution is -2.25. The number of nitrogens with zero attached hydrogens (tertiary/aromatic N) is 4. The van der Waals surface area contributed by atoms with Gasteiger partial charge in [-0.2, -0.15) is 9.78 Å². The first-order valence-electron chi connectivity index (χ1n) is 10.2. The topological polar surface area (TPSA) is 107 Å². The van der Waals surface area contributed by atoms with Crippen molar-refractivity contribution in [1.82, 2.24) is 20.0 Å². The van der Waals surface area contributed by atoms with Gasteiger partial charge < -0.3 is 15.8 Å². The molecule has 0 aliphatic rings. The Morgan fingerprint density at radius 1 is 1.19 bits per heavy atom. The Balaban J connectivity index is 1.85. The molecule has 158 valence electrons. The molecule has 31 heavy (non-hydrogen) atoms. The van der Waals surface area contributed by atoms with Gasteiger partial charge in [0.05, 0.1) is 24.4 Å². The molecule has 0 unspecified atom stereocenters. The normalized spacial score (nSPS) is 11.4. The fraction of sp³-hybridized carbons (Fsp3) is 0.217. The number of carbonyl (C=O) groups is 1. The van der Waals surface area contributed by atoms with E-state index in [4.69, 9.17) is 10.5 Å². The molecule has 8 heteroatoms. The van der Waals surface area contributed by atoms with Crippen molar-refractivity contribution in [2.24, 2.45) is 5.10 Å². The van der Waals surface area contributed by atoms with E-state index in [0.29, 0.717) is 28.7 Å². The van der Waals surface area contributed by atoms with Crippen molar-refractivity contribution in [3.05, 3.63) is 59.7 Å². The predicted molar refractivity (Wildman–Crippen MR) is 123 cm³/mol. The number of methoxy groups -OCH3 is 1. The standard InChI is InChI=1S/C23H24N6O2/c1-3-4-12-25-23(30)19-20-22(28-18-11-6-5-10-17(18)27-20)29(21(19)24)26-14-15-8-7-9-16(13-15)31-2/h5-11,13-14H,3-4,12,24H2,1-2H3,(H,25,30)/b26-14-. The van der Waals surface area contributed by atoms with E-state index in [2.05, 4.69) is 27.3 Å². The van der Waals surface area contributed by atoms with Crippen molar-refractivity contribution in [2.45, 2.75) is 19.8 Å². The lowest BCUT2D eigenvalue weighted by Gasteiger charge is -2.04. The molecule has 0 bridgehead atoms. The Bertz CT molecular complexity index is 1280. The summed E-state index contributed by atoms with van der Waals surface area (Å²) in [6.07, 6.45) is 3.51. The summed E-state index contributed by atoms with van der Waals surface area (Å²) < 4.78 is 6.72. The van der Waals surface area contributed by atoms with E-state index in [1.54, 1.807) is 13.3 Å². The molecule has 1 amide bonds. The SMILES string of the molecule is CCCCNC(=O)c1c(N)n(/N=C\c2cccc(OC)c2)c2nc3ccccc3nc12. The highest BCUT2D eigenvalue weighted by atomic mass is 16.5. The van der Waals surface area contributed by atoms with Crippen molar-refractivity contribution >= 4 is 40.1 Å². The molecule has 0 fully saturated rings. The average Bonchev–Trinajstić information content (AvgIpc) is 3.06. The van der Waals surface area contributed by atoms with Crippen molar-refractivity contribution in [2.75, 3.05) is 19.4 Å². The minimum atomic E-state index is -0.282. The Morgan fingerprint density at radius 3 is 2.71 bits per heavy atom. The lowest BCUT2D eigenvalue weighted by molar-refractivity contribution is 0.0955. The number of para-hydroxylation sites is 2. The van der Waals surface area contributed by atoms with Crippen LogP contribution in [0.15, 0.2) is 53.6 Å². The minimum absolute atomic E-state index is 0.193. The van der Waals surface area contributed by atoms with Crippen molar-refractivity contribution < 1.29 is 9.53 Å². The highest BCUT2D eigenvalue weighted by Gasteiger charge is 2.23. The molecule has 4 aromatic rings. The zero-order valence-electron chi connectivity index (χ0n) is 17.5. The van der Waals surface area contributed by atoms with Crippen LogP contribution in [0.4, 0.5) is 5.82 Å². The zero-order valence-corrected chi connectivity index (χ0v) is 17.5. The predicted octanol–water partition coefficient (Wildman–Crippen LogP) is 3.59. The first-order valence-corrected chi connectivity index (χ1v) is 10.2. The van der Waals surface area contributed by atoms with E-state index >= 15 is 0 Å². The van der Waals surface area contributed by atoms with Crippen LogP contribution in [-0.2, 0) is 0 Å². The number of hydrogen-bond donors (Lipinski definition) is 2. The van der Waals surface area contributed by atoms with Crippen molar-refractivity contribution in [3.63, 3.8) is 0 Å². The summed E-state index contributed by atoms with van der Waals surface area (Å²) in [5.74, 6) is 0.630. The van der Waals surface area contributed by atoms with Crippen LogP contribution in [0.25, 0.3) is 22.2 Å². The molecule has 0 atom stereocenters. The number of amides is 1. The fourth-order valence-corrected chi connectivity index (χ4v) is 3.30. The van der Waals surface area contributed by atoms with Gasteiger partial charge in [-0.3, -0.25) is 4.79 Å². The molecule has 0 aliphatic carbocycles. The maximum Gasteiger partial charge on any atom is 0.257 e. The van der Waals surface area contributed by atoms with Gasteiger partial charge >= 0.3 is 0 Å². The number of nitrogen functional groups attached to an aromatic ring is 1. The van der Waals surface area contributed by atoms with Crippen LogP contribution >= 0.6 is 0 Å². The van der Waals surface area contributed by atoms with Crippen LogP contribution in [0, 0.1) is 0 Å². The Morgan fingerprint density at radius 2 is 1.97 bits per heavy atom. The molecule has 3 N–H and O–H groups in total. The number of nitrogens with one attached hydrogen (secondary N) is 1. The highest BCUT2D eigenvalue weighted by Crippen LogP contribution is 2.28. The summed E-state index contributed by atoms with van der Waals surface area (Å²) >= 11 is 0. The smallest absolute Gasteiger partial charge is 0.257 e. The van der Waals surface area contributed by atoms with E-state index in [1.165, 1.54) is 4.68 Å². The number of fused-ring (bicyclic) bond motifs is 2. The first kappa shape index (κ1) is 20.3. The summed E-state index contributed by atoms with van der Waals surface area (Å²) in [7, 11) is 1.61. The van der Waals surface area contributed by atoms with Gasteiger partial charge in [0.1, 0.15) is 22.6 Å². The fourth-order valence-electron chi connectivity index (χ4n) is 3.30. The number of nitrogens with two attached hydrogens (primary N) is 1. The van der Waals surface area contributed by atoms with Gasteiger partial charge in [0.15, 0.2) is 5.65 Å². The molecular weight excluding hydrogens is 392 g/mol. The van der Waals surface area contributed by atoms with E-state index in [1.807, 2.05) is 48.5 Å². The van der Waals surface area contributed by atoms with Crippen LogP contribution in [-0.4, -0.2) is 40.4 Å². The van der Waals surface area contributed by atoms with E-state index in [9.17, 15) is 4.79 Å². The largest absolute Gasteiger partial charge is 0.497 e. The quantitative estimate of drug-likeness (QED) is 0.354. The van der Waals surface area contributed by atoms with E-state index < -0.39 is 0 Å². The number of benzene rings is 2. The summed E-state index contributed by atoms with van der Waals surface area (Å²) in [5.41, 5.74) is 9.73. The number of unbranched alkanes of at least 4 members (excludes halogenated alkanes) is 1. The Labute approximate surface area is 179 Å². The van der Waals surface area contributed by atoms with Gasteiger partial charge in [-0.25, -0.2) is 9.97 Å². The van der Waals surface area contributed by atoms with Crippen LogP contribution in [0.3, 0.4) is 0 Å². The monoisotopic (exact) mass is 416 g/mol. The highest BCUT2D eigenvalue weighted by molar-refractivity contribution is 6.10. The average molecular weight is 416 g/mol. The molecule has 0 aliphatic heterocycles. The van der Waals surface area contributed by atoms with Gasteiger partial charge in [-0.15, -0.1) is 0 Å². The van der Waals surface area contributed by atoms with Crippen molar-refractivity contribution in [1.29, 1.82) is 0 Å². The molecule has 2 aromatic carbocycles. The summed E-state index contributed by atoms with van der Waals surface area (Å²) in [5, 5.41) is 7.43. The summed E-state index contributed by atoms with van der Waals surface area (Å²) in [6.45, 7) is 2.63. The van der Waals surface area contributed by atoms with Crippen LogP contribution in [0.1, 0.15) is 35.7 Å². The molecule has 8 nitrogen and oxygen atoms in total. The third-order valence-electron chi connectivity index (χ3n) is 4.93. The van der Waals surface area contributed by atoms with Gasteiger partial charge in [-0.1, -0.05) is 37.6 Å². The maximum absolute atomic E-state index is 12.9. The van der Waals surface area contributed by atoms with Gasteiger partial charge in [-0.05, 0) is 36.2 Å². The van der Waals surface area contributed by atoms with Gasteiger partial charge in [0.25, 0.3) is 5.91 Å². The first-order chi connectivity index (χ1) is 15.1. The van der Waals surface area contributed by atoms with Crippen molar-refractivity contribution in [3.8, 4) is 5.75 Å². The van der Waals surface area contributed by atoms with Crippen LogP contribution in [0.2, 0.25) is 0 Å². The molecule has 0 saturated carbocycles. The number of hydrogen-bond acceptors (Lipinski definition) is 6. The second-order valence-corrected chi connectivity index (χ2v) is 7.09. The van der Waals surface area contributed by atoms with Crippen LogP contribution in [0.5, 0.6) is 5.75 Å². The molecule has 0 radical (unpaired) electrons. The van der Waals surface area contributed by atoms with Crippen LogP contribution < -0.4 is 15.8 Å². The maximum atomic E-state index is 12.9. The number of rotatable bonds is 7. The molecule has 0 spiro atoms. The third-order valence-corrected chi connectivity index (χ3v) is 4.93. The number of ether oxygens (including phenoxy) is 1. The molecule has 2 heterocycles. The Hall–Kier alpha value is -3.94. The minimum Gasteiger partial charge on any atom is -0.497 e. The summed E-state index contributed by atoms with van der Waals surface area (Å²) in [6, 6.07) is 15.0. The Kier molecular flexibility index (Phi) is 5.79. The van der Waals surface area contributed by atoms with E-state index in [-0.39, 0.29) is 17.3 Å². The molecule has 4 rings (SSSR count). The number of anilines is 1.